The van der Waals surface area contributed by atoms with Gasteiger partial charge in [0.25, 0.3) is 0 Å². The summed E-state index contributed by atoms with van der Waals surface area (Å²) in [5.74, 6) is -0.315. The van der Waals surface area contributed by atoms with Gasteiger partial charge in [0.05, 0.1) is 12.7 Å². The van der Waals surface area contributed by atoms with Gasteiger partial charge in [-0.2, -0.15) is 0 Å². The Hall–Kier alpha value is -2.61. The molecule has 0 aliphatic heterocycles. The Bertz CT molecular complexity index is 608. The van der Waals surface area contributed by atoms with Gasteiger partial charge in [0.1, 0.15) is 0 Å². The highest BCUT2D eigenvalue weighted by Crippen LogP contribution is 2.08. The van der Waals surface area contributed by atoms with Crippen LogP contribution in [0.1, 0.15) is 21.5 Å². The predicted octanol–water partition coefficient (Wildman–Crippen LogP) is 4.20. The molecule has 20 heavy (non-hydrogen) atoms. The predicted molar refractivity (Wildman–Crippen MR) is 82.3 cm³/mol. The number of carbonyl (C=O) groups excluding carboxylic acids is 1. The molecule has 2 heteroatoms. The van der Waals surface area contributed by atoms with Crippen molar-refractivity contribution in [2.75, 3.05) is 7.11 Å². The zero-order valence-electron chi connectivity index (χ0n) is 11.3. The van der Waals surface area contributed by atoms with Gasteiger partial charge in [-0.3, -0.25) is 0 Å². The normalized spacial score (nSPS) is 11.1. The maximum atomic E-state index is 11.3. The van der Waals surface area contributed by atoms with Crippen molar-refractivity contribution in [1.82, 2.24) is 0 Å². The Labute approximate surface area is 119 Å². The minimum Gasteiger partial charge on any atom is -0.465 e. The van der Waals surface area contributed by atoms with Gasteiger partial charge in [-0.25, -0.2) is 4.79 Å². The Morgan fingerprint density at radius 2 is 1.40 bits per heavy atom. The summed E-state index contributed by atoms with van der Waals surface area (Å²) in [5, 5.41) is 0. The molecule has 0 amide bonds. The van der Waals surface area contributed by atoms with E-state index in [1.807, 2.05) is 54.6 Å². The van der Waals surface area contributed by atoms with Crippen molar-refractivity contribution in [3.8, 4) is 0 Å². The summed E-state index contributed by atoms with van der Waals surface area (Å²) in [4.78, 5) is 11.3. The van der Waals surface area contributed by atoms with Gasteiger partial charge in [-0.1, -0.05) is 66.8 Å². The summed E-state index contributed by atoms with van der Waals surface area (Å²) >= 11 is 0. The topological polar surface area (TPSA) is 26.3 Å². The lowest BCUT2D eigenvalue weighted by Gasteiger charge is -1.98. The second-order valence-corrected chi connectivity index (χ2v) is 4.24. The number of rotatable bonds is 4. The first-order valence-electron chi connectivity index (χ1n) is 6.38. The molecule has 0 unspecified atom stereocenters. The van der Waals surface area contributed by atoms with E-state index in [4.69, 9.17) is 0 Å². The van der Waals surface area contributed by atoms with Gasteiger partial charge in [0.15, 0.2) is 0 Å². The number of methoxy groups -OCH3 is 1. The third-order valence-corrected chi connectivity index (χ3v) is 2.82. The van der Waals surface area contributed by atoms with Crippen LogP contribution in [0.15, 0.2) is 66.7 Å². The van der Waals surface area contributed by atoms with Gasteiger partial charge in [0, 0.05) is 0 Å². The molecule has 0 atom stereocenters. The first kappa shape index (κ1) is 13.8. The Morgan fingerprint density at radius 3 is 1.95 bits per heavy atom. The fourth-order valence-corrected chi connectivity index (χ4v) is 1.75. The number of benzene rings is 2. The standard InChI is InChI=1S/C18H16O2/c1-20-18(19)17-13-11-16(12-14-17)10-6-5-9-15-7-3-2-4-8-15/h2-14H,1H3. The lowest BCUT2D eigenvalue weighted by atomic mass is 10.1. The van der Waals surface area contributed by atoms with E-state index in [9.17, 15) is 4.79 Å². The molecule has 0 aromatic heterocycles. The molecule has 2 aromatic carbocycles. The van der Waals surface area contributed by atoms with Crippen molar-refractivity contribution in [2.24, 2.45) is 0 Å². The monoisotopic (exact) mass is 264 g/mol. The molecule has 2 rings (SSSR count). The van der Waals surface area contributed by atoms with Crippen molar-refractivity contribution < 1.29 is 9.53 Å². The molecule has 2 nitrogen and oxygen atoms in total. The van der Waals surface area contributed by atoms with Crippen LogP contribution in [0.5, 0.6) is 0 Å². The van der Waals surface area contributed by atoms with Crippen LogP contribution < -0.4 is 0 Å². The van der Waals surface area contributed by atoms with Gasteiger partial charge < -0.3 is 4.74 Å². The highest BCUT2D eigenvalue weighted by molar-refractivity contribution is 5.89. The first-order chi connectivity index (χ1) is 9.79. The molecule has 2 aromatic rings. The van der Waals surface area contributed by atoms with Crippen molar-refractivity contribution in [3.05, 3.63) is 83.4 Å². The summed E-state index contributed by atoms with van der Waals surface area (Å²) in [6.07, 6.45) is 7.99. The molecule has 0 spiro atoms. The van der Waals surface area contributed by atoms with Crippen LogP contribution in [0.3, 0.4) is 0 Å². The number of ether oxygens (including phenoxy) is 1. The molecule has 0 saturated carbocycles. The molecule has 0 saturated heterocycles. The van der Waals surface area contributed by atoms with E-state index in [0.717, 1.165) is 11.1 Å². The molecule has 0 fully saturated rings. The van der Waals surface area contributed by atoms with Crippen molar-refractivity contribution >= 4 is 18.1 Å². The Balaban J connectivity index is 1.98. The Morgan fingerprint density at radius 1 is 0.850 bits per heavy atom. The van der Waals surface area contributed by atoms with E-state index >= 15 is 0 Å². The zero-order valence-corrected chi connectivity index (χ0v) is 11.3. The van der Waals surface area contributed by atoms with Crippen LogP contribution in [0.25, 0.3) is 12.2 Å². The average Bonchev–Trinajstić information content (AvgIpc) is 2.52. The largest absolute Gasteiger partial charge is 0.465 e. The fraction of sp³-hybridized carbons (Fsp3) is 0.0556. The molecule has 0 aliphatic carbocycles. The van der Waals surface area contributed by atoms with Crippen LogP contribution in [-0.2, 0) is 4.74 Å². The zero-order chi connectivity index (χ0) is 14.2. The van der Waals surface area contributed by atoms with Gasteiger partial charge in [0.2, 0.25) is 0 Å². The first-order valence-corrected chi connectivity index (χ1v) is 6.38. The number of allylic oxidation sites excluding steroid dienone is 2. The molecule has 100 valence electrons. The van der Waals surface area contributed by atoms with Crippen LogP contribution in [0.2, 0.25) is 0 Å². The van der Waals surface area contributed by atoms with Crippen LogP contribution in [0.4, 0.5) is 0 Å². The fourth-order valence-electron chi connectivity index (χ4n) is 1.75. The smallest absolute Gasteiger partial charge is 0.337 e. The van der Waals surface area contributed by atoms with Crippen LogP contribution in [0, 0.1) is 0 Å². The van der Waals surface area contributed by atoms with Crippen molar-refractivity contribution in [3.63, 3.8) is 0 Å². The van der Waals surface area contributed by atoms with E-state index < -0.39 is 0 Å². The number of hydrogen-bond donors (Lipinski definition) is 0. The molecule has 0 N–H and O–H groups in total. The average molecular weight is 264 g/mol. The van der Waals surface area contributed by atoms with E-state index in [-0.39, 0.29) is 5.97 Å². The van der Waals surface area contributed by atoms with Crippen LogP contribution in [-0.4, -0.2) is 13.1 Å². The second-order valence-electron chi connectivity index (χ2n) is 4.24. The molecule has 0 heterocycles. The van der Waals surface area contributed by atoms with E-state index in [1.54, 1.807) is 12.1 Å². The maximum Gasteiger partial charge on any atom is 0.337 e. The van der Waals surface area contributed by atoms with Gasteiger partial charge >= 0.3 is 5.97 Å². The third-order valence-electron chi connectivity index (χ3n) is 2.82. The second kappa shape index (κ2) is 7.10. The molecular formula is C18H16O2. The maximum absolute atomic E-state index is 11.3. The minimum atomic E-state index is -0.315. The van der Waals surface area contributed by atoms with Crippen molar-refractivity contribution in [2.45, 2.75) is 0 Å². The minimum absolute atomic E-state index is 0.315. The molecule has 0 radical (unpaired) electrons. The van der Waals surface area contributed by atoms with Gasteiger partial charge in [-0.15, -0.1) is 0 Å². The highest BCUT2D eigenvalue weighted by Gasteiger charge is 2.02. The summed E-state index contributed by atoms with van der Waals surface area (Å²) in [7, 11) is 1.38. The SMILES string of the molecule is COC(=O)c1ccc(C=CC=Cc2ccccc2)cc1. The summed E-state index contributed by atoms with van der Waals surface area (Å²) in [6.45, 7) is 0. The van der Waals surface area contributed by atoms with Crippen LogP contribution >= 0.6 is 0 Å². The number of carbonyl (C=O) groups is 1. The quantitative estimate of drug-likeness (QED) is 0.611. The lowest BCUT2D eigenvalue weighted by Crippen LogP contribution is -2.00. The Kier molecular flexibility index (Phi) is 4.90. The molecular weight excluding hydrogens is 248 g/mol. The highest BCUT2D eigenvalue weighted by atomic mass is 16.5. The van der Waals surface area contributed by atoms with Crippen molar-refractivity contribution in [1.29, 1.82) is 0 Å². The number of hydrogen-bond acceptors (Lipinski definition) is 2. The summed E-state index contributed by atoms with van der Waals surface area (Å²) in [5.41, 5.74) is 2.76. The van der Waals surface area contributed by atoms with E-state index in [0.29, 0.717) is 5.56 Å². The molecule has 0 bridgehead atoms. The molecule has 0 aliphatic rings. The lowest BCUT2D eigenvalue weighted by molar-refractivity contribution is 0.0601. The van der Waals surface area contributed by atoms with E-state index in [2.05, 4.69) is 16.9 Å². The number of esters is 1. The third kappa shape index (κ3) is 3.95. The van der Waals surface area contributed by atoms with E-state index in [1.165, 1.54) is 7.11 Å². The summed E-state index contributed by atoms with van der Waals surface area (Å²) in [6, 6.07) is 17.4. The summed E-state index contributed by atoms with van der Waals surface area (Å²) < 4.78 is 4.66. The van der Waals surface area contributed by atoms with Gasteiger partial charge in [-0.05, 0) is 23.3 Å².